The minimum atomic E-state index is -1.01. The second kappa shape index (κ2) is 7.23. The molecule has 2 aliphatic rings. The van der Waals surface area contributed by atoms with Crippen LogP contribution in [0, 0.1) is 0 Å². The summed E-state index contributed by atoms with van der Waals surface area (Å²) in [4.78, 5) is 22.9. The van der Waals surface area contributed by atoms with E-state index in [9.17, 15) is 14.7 Å². The normalized spacial score (nSPS) is 30.3. The lowest BCUT2D eigenvalue weighted by atomic mass is 9.82. The van der Waals surface area contributed by atoms with Crippen LogP contribution in [0.2, 0.25) is 0 Å². The number of ketones is 1. The molecule has 23 heavy (non-hydrogen) atoms. The number of aliphatic hydroxyl groups excluding tert-OH is 1. The third kappa shape index (κ3) is 3.79. The van der Waals surface area contributed by atoms with Gasteiger partial charge in [-0.3, -0.25) is 4.79 Å². The van der Waals surface area contributed by atoms with Crippen LogP contribution in [0.25, 0.3) is 0 Å². The van der Waals surface area contributed by atoms with Crippen molar-refractivity contribution in [3.8, 4) is 0 Å². The number of fused-ring (bicyclic) bond motifs is 1. The first-order valence-corrected chi connectivity index (χ1v) is 8.10. The number of carbonyl (C=O) groups excluding carboxylic acids is 1. The maximum Gasteiger partial charge on any atom is 0.330 e. The van der Waals surface area contributed by atoms with Crippen molar-refractivity contribution in [2.45, 2.75) is 63.8 Å². The number of unbranched alkanes of at least 4 members (excludes halogenated alkanes) is 3. The maximum atomic E-state index is 12.0. The van der Waals surface area contributed by atoms with E-state index in [1.54, 1.807) is 6.08 Å². The molecular weight excluding hydrogens is 296 g/mol. The molecule has 0 spiro atoms. The molecule has 1 saturated heterocycles. The number of allylic oxidation sites excluding steroid dienone is 1. The molecule has 0 bridgehead atoms. The number of carbonyl (C=O) groups is 2. The van der Waals surface area contributed by atoms with E-state index in [2.05, 4.69) is 6.92 Å². The van der Waals surface area contributed by atoms with Crippen LogP contribution < -0.4 is 0 Å². The van der Waals surface area contributed by atoms with Crippen LogP contribution in [0.5, 0.6) is 0 Å². The summed E-state index contributed by atoms with van der Waals surface area (Å²) in [6, 6.07) is 0. The highest BCUT2D eigenvalue weighted by Gasteiger charge is 2.66. The number of epoxide rings is 1. The fourth-order valence-corrected chi connectivity index (χ4v) is 2.83. The third-order valence-corrected chi connectivity index (χ3v) is 4.42. The van der Waals surface area contributed by atoms with E-state index in [0.29, 0.717) is 5.57 Å². The van der Waals surface area contributed by atoms with Gasteiger partial charge in [-0.15, -0.1) is 0 Å². The van der Waals surface area contributed by atoms with Gasteiger partial charge in [0.2, 0.25) is 0 Å². The first kappa shape index (κ1) is 17.6. The lowest BCUT2D eigenvalue weighted by Crippen LogP contribution is -2.38. The highest BCUT2D eigenvalue weighted by atomic mass is 16.6. The zero-order chi connectivity index (χ0) is 17.0. The topological polar surface area (TPSA) is 87.1 Å². The molecule has 0 aromatic carbocycles. The van der Waals surface area contributed by atoms with Crippen molar-refractivity contribution < 1.29 is 24.5 Å². The highest BCUT2D eigenvalue weighted by Crippen LogP contribution is 2.49. The Hall–Kier alpha value is -1.72. The quantitative estimate of drug-likeness (QED) is 0.408. The van der Waals surface area contributed by atoms with Crippen molar-refractivity contribution >= 4 is 11.8 Å². The van der Waals surface area contributed by atoms with Crippen molar-refractivity contribution in [1.82, 2.24) is 0 Å². The molecule has 1 fully saturated rings. The Morgan fingerprint density at radius 3 is 2.83 bits per heavy atom. The monoisotopic (exact) mass is 320 g/mol. The van der Waals surface area contributed by atoms with E-state index in [4.69, 9.17) is 9.84 Å². The molecule has 0 aromatic rings. The molecule has 0 aromatic heterocycles. The number of aliphatic carboxylic acids is 1. The largest absolute Gasteiger partial charge is 0.478 e. The number of carboxylic acid groups (broad SMARTS) is 1. The summed E-state index contributed by atoms with van der Waals surface area (Å²) in [6.45, 7) is 3.62. The smallest absolute Gasteiger partial charge is 0.330 e. The minimum absolute atomic E-state index is 0.162. The number of carboxylic acids is 1. The summed E-state index contributed by atoms with van der Waals surface area (Å²) in [6.07, 6.45) is 9.61. The van der Waals surface area contributed by atoms with Gasteiger partial charge in [-0.25, -0.2) is 4.79 Å². The van der Waals surface area contributed by atoms with Crippen LogP contribution in [0.15, 0.2) is 35.5 Å². The Morgan fingerprint density at radius 1 is 1.43 bits per heavy atom. The number of ether oxygens (including phenoxy) is 1. The molecule has 5 nitrogen and oxygen atoms in total. The molecule has 0 saturated carbocycles. The van der Waals surface area contributed by atoms with Crippen molar-refractivity contribution in [1.29, 1.82) is 0 Å². The fraction of sp³-hybridized carbons (Fsp3) is 0.556. The van der Waals surface area contributed by atoms with E-state index >= 15 is 0 Å². The Bertz CT molecular complexity index is 572. The van der Waals surface area contributed by atoms with Gasteiger partial charge in [-0.1, -0.05) is 38.0 Å². The minimum Gasteiger partial charge on any atom is -0.478 e. The molecular formula is C18H24O5. The second-order valence-electron chi connectivity index (χ2n) is 6.20. The summed E-state index contributed by atoms with van der Waals surface area (Å²) >= 11 is 0. The Labute approximate surface area is 136 Å². The molecule has 5 heteroatoms. The van der Waals surface area contributed by atoms with Gasteiger partial charge in [-0.05, 0) is 31.4 Å². The van der Waals surface area contributed by atoms with Gasteiger partial charge in [0.1, 0.15) is 11.7 Å². The van der Waals surface area contributed by atoms with Gasteiger partial charge in [0.15, 0.2) is 11.9 Å². The number of hydrogen-bond acceptors (Lipinski definition) is 4. The standard InChI is InChI=1S/C18H24O5/c1-3-4-5-6-7-8-13-11-14(19)16-18(23-16,15(13)20)10-9-12(2)17(21)22/h7-9,11,15-16,20H,3-6,10H2,1-2H3,(H,21,22). The SMILES string of the molecule is CCCCCC=CC1=CC(=O)C2OC2(CC=C(C)C(=O)O)C1O. The molecule has 1 heterocycles. The Balaban J connectivity index is 2.05. The molecule has 1 aliphatic heterocycles. The van der Waals surface area contributed by atoms with Gasteiger partial charge >= 0.3 is 5.97 Å². The maximum absolute atomic E-state index is 12.0. The number of rotatable bonds is 8. The second-order valence-corrected chi connectivity index (χ2v) is 6.20. The first-order valence-electron chi connectivity index (χ1n) is 8.10. The van der Waals surface area contributed by atoms with E-state index < -0.39 is 23.8 Å². The number of aliphatic hydroxyl groups is 1. The van der Waals surface area contributed by atoms with Crippen molar-refractivity contribution in [3.63, 3.8) is 0 Å². The lowest BCUT2D eigenvalue weighted by Gasteiger charge is -2.22. The average molecular weight is 320 g/mol. The van der Waals surface area contributed by atoms with Gasteiger partial charge in [0.25, 0.3) is 0 Å². The highest BCUT2D eigenvalue weighted by molar-refractivity contribution is 5.99. The molecule has 126 valence electrons. The Morgan fingerprint density at radius 2 is 2.17 bits per heavy atom. The third-order valence-electron chi connectivity index (χ3n) is 4.42. The molecule has 2 N–H and O–H groups in total. The van der Waals surface area contributed by atoms with Crippen molar-refractivity contribution in [2.75, 3.05) is 0 Å². The van der Waals surface area contributed by atoms with E-state index in [1.807, 2.05) is 6.08 Å². The molecule has 2 rings (SSSR count). The summed E-state index contributed by atoms with van der Waals surface area (Å²) in [5.74, 6) is -1.17. The average Bonchev–Trinajstić information content (AvgIpc) is 3.26. The predicted octanol–water partition coefficient (Wildman–Crippen LogP) is 2.55. The summed E-state index contributed by atoms with van der Waals surface area (Å²) in [5, 5.41) is 19.4. The van der Waals surface area contributed by atoms with Crippen LogP contribution in [-0.2, 0) is 14.3 Å². The Kier molecular flexibility index (Phi) is 5.55. The molecule has 1 aliphatic carbocycles. The van der Waals surface area contributed by atoms with E-state index in [0.717, 1.165) is 25.7 Å². The zero-order valence-corrected chi connectivity index (χ0v) is 13.6. The lowest BCUT2D eigenvalue weighted by molar-refractivity contribution is -0.132. The first-order chi connectivity index (χ1) is 10.9. The predicted molar refractivity (Wildman–Crippen MR) is 86.0 cm³/mol. The van der Waals surface area contributed by atoms with Gasteiger partial charge < -0.3 is 14.9 Å². The van der Waals surface area contributed by atoms with Crippen LogP contribution >= 0.6 is 0 Å². The van der Waals surface area contributed by atoms with E-state index in [-0.39, 0.29) is 17.8 Å². The molecule has 0 amide bonds. The molecule has 0 radical (unpaired) electrons. The van der Waals surface area contributed by atoms with Crippen molar-refractivity contribution in [3.05, 3.63) is 35.5 Å². The van der Waals surface area contributed by atoms with Crippen LogP contribution in [-0.4, -0.2) is 39.8 Å². The van der Waals surface area contributed by atoms with Crippen molar-refractivity contribution in [2.24, 2.45) is 0 Å². The van der Waals surface area contributed by atoms with Crippen LogP contribution in [0.4, 0.5) is 0 Å². The van der Waals surface area contributed by atoms with Gasteiger partial charge in [-0.2, -0.15) is 0 Å². The molecule has 3 atom stereocenters. The van der Waals surface area contributed by atoms with Gasteiger partial charge in [0, 0.05) is 12.0 Å². The van der Waals surface area contributed by atoms with Gasteiger partial charge in [0.05, 0.1) is 0 Å². The summed E-state index contributed by atoms with van der Waals surface area (Å²) in [7, 11) is 0. The zero-order valence-electron chi connectivity index (χ0n) is 13.6. The van der Waals surface area contributed by atoms with E-state index in [1.165, 1.54) is 19.1 Å². The summed E-state index contributed by atoms with van der Waals surface area (Å²) in [5.41, 5.74) is -0.271. The summed E-state index contributed by atoms with van der Waals surface area (Å²) < 4.78 is 5.47. The van der Waals surface area contributed by atoms with Crippen LogP contribution in [0.3, 0.4) is 0 Å². The van der Waals surface area contributed by atoms with Crippen LogP contribution in [0.1, 0.15) is 46.0 Å². The fourth-order valence-electron chi connectivity index (χ4n) is 2.83. The number of hydrogen-bond donors (Lipinski definition) is 2. The molecule has 3 unspecified atom stereocenters.